The number of hydrogen-bond acceptors (Lipinski definition) is 6. The molecule has 2 amide bonds. The first kappa shape index (κ1) is 26.4. The van der Waals surface area contributed by atoms with Crippen molar-refractivity contribution in [2.24, 2.45) is 11.7 Å². The zero-order valence-electron chi connectivity index (χ0n) is 19.4. The van der Waals surface area contributed by atoms with E-state index in [2.05, 4.69) is 10.3 Å². The number of ether oxygens (including phenoxy) is 3. The fraction of sp³-hybridized carbons (Fsp3) is 0.435. The molecule has 1 fully saturated rings. The second kappa shape index (κ2) is 9.78. The van der Waals surface area contributed by atoms with Crippen molar-refractivity contribution in [3.63, 3.8) is 0 Å². The van der Waals surface area contributed by atoms with Gasteiger partial charge in [0, 0.05) is 36.4 Å². The summed E-state index contributed by atoms with van der Waals surface area (Å²) in [4.78, 5) is 28.4. The molecule has 2 aromatic rings. The SMILES string of the molecule is COCc1c(F)ccc([C@H]2[C@H](C(=O)Nc3ccnc(C(N)=O)c3)O[C@@](C)(C(F)(F)F)[C@H]2C)c1OC. The lowest BCUT2D eigenvalue weighted by Crippen LogP contribution is -2.47. The summed E-state index contributed by atoms with van der Waals surface area (Å²) in [5.74, 6) is -4.91. The number of benzene rings is 1. The van der Waals surface area contributed by atoms with Crippen LogP contribution in [0.3, 0.4) is 0 Å². The van der Waals surface area contributed by atoms with E-state index in [0.29, 0.717) is 0 Å². The number of pyridine rings is 1. The molecule has 1 saturated heterocycles. The Bertz CT molecular complexity index is 1130. The Morgan fingerprint density at radius 2 is 1.94 bits per heavy atom. The fourth-order valence-corrected chi connectivity index (χ4v) is 4.28. The molecule has 35 heavy (non-hydrogen) atoms. The Kier molecular flexibility index (Phi) is 7.37. The van der Waals surface area contributed by atoms with Gasteiger partial charge in [-0.3, -0.25) is 14.6 Å². The standard InChI is InChI=1S/C23H25F4N3O5/c1-11-17(13-5-6-15(24)14(10-33-3)18(13)34-4)19(35-22(11,2)23(25,26)27)21(32)30-12-7-8-29-16(9-12)20(28)31/h5-9,11,17,19H,10H2,1-4H3,(H2,28,31)(H,29,30,32)/t11-,17-,19+,22+/m0/s1. The first-order valence-corrected chi connectivity index (χ1v) is 10.5. The molecule has 0 spiro atoms. The van der Waals surface area contributed by atoms with E-state index in [1.54, 1.807) is 0 Å². The van der Waals surface area contributed by atoms with Crippen LogP contribution >= 0.6 is 0 Å². The molecule has 0 radical (unpaired) electrons. The lowest BCUT2D eigenvalue weighted by molar-refractivity contribution is -0.272. The second-order valence-electron chi connectivity index (χ2n) is 8.32. The largest absolute Gasteiger partial charge is 0.496 e. The molecule has 0 unspecified atom stereocenters. The van der Waals surface area contributed by atoms with Gasteiger partial charge in [-0.2, -0.15) is 13.2 Å². The lowest BCUT2D eigenvalue weighted by atomic mass is 9.76. The number of halogens is 4. The molecule has 0 aliphatic carbocycles. The normalized spacial score (nSPS) is 24.3. The highest BCUT2D eigenvalue weighted by Gasteiger charge is 2.65. The first-order chi connectivity index (χ1) is 16.4. The molecule has 8 nitrogen and oxygen atoms in total. The van der Waals surface area contributed by atoms with Crippen LogP contribution in [0.25, 0.3) is 0 Å². The number of primary amides is 1. The number of nitrogens with zero attached hydrogens (tertiary/aromatic N) is 1. The topological polar surface area (TPSA) is 113 Å². The van der Waals surface area contributed by atoms with Crippen LogP contribution in [0, 0.1) is 11.7 Å². The average Bonchev–Trinajstić information content (AvgIpc) is 3.07. The predicted octanol–water partition coefficient (Wildman–Crippen LogP) is 3.55. The summed E-state index contributed by atoms with van der Waals surface area (Å²) in [5.41, 5.74) is 2.60. The lowest BCUT2D eigenvalue weighted by Gasteiger charge is -2.32. The summed E-state index contributed by atoms with van der Waals surface area (Å²) in [6.45, 7) is 1.97. The van der Waals surface area contributed by atoms with Gasteiger partial charge in [-0.05, 0) is 25.1 Å². The second-order valence-corrected chi connectivity index (χ2v) is 8.32. The van der Waals surface area contributed by atoms with Gasteiger partial charge in [0.1, 0.15) is 23.4 Å². The molecule has 4 atom stereocenters. The summed E-state index contributed by atoms with van der Waals surface area (Å²) in [5, 5.41) is 2.46. The number of amides is 2. The summed E-state index contributed by atoms with van der Waals surface area (Å²) in [6.07, 6.45) is -5.25. The monoisotopic (exact) mass is 499 g/mol. The highest BCUT2D eigenvalue weighted by Crippen LogP contribution is 2.55. The van der Waals surface area contributed by atoms with Gasteiger partial charge in [0.25, 0.3) is 11.8 Å². The number of nitrogens with two attached hydrogens (primary N) is 1. The van der Waals surface area contributed by atoms with Crippen molar-refractivity contribution in [2.45, 2.75) is 44.3 Å². The fourth-order valence-electron chi connectivity index (χ4n) is 4.28. The van der Waals surface area contributed by atoms with Crippen LogP contribution in [-0.4, -0.2) is 48.9 Å². The smallest absolute Gasteiger partial charge is 0.417 e. The van der Waals surface area contributed by atoms with Gasteiger partial charge in [0.15, 0.2) is 5.60 Å². The van der Waals surface area contributed by atoms with Gasteiger partial charge >= 0.3 is 6.18 Å². The molecule has 3 rings (SSSR count). The zero-order chi connectivity index (χ0) is 26.1. The minimum Gasteiger partial charge on any atom is -0.496 e. The molecular formula is C23H25F4N3O5. The van der Waals surface area contributed by atoms with Crippen molar-refractivity contribution in [2.75, 3.05) is 19.5 Å². The Balaban J connectivity index is 2.10. The van der Waals surface area contributed by atoms with E-state index in [4.69, 9.17) is 19.9 Å². The van der Waals surface area contributed by atoms with Crippen LogP contribution in [0.15, 0.2) is 30.5 Å². The number of methoxy groups -OCH3 is 2. The van der Waals surface area contributed by atoms with Crippen LogP contribution in [0.2, 0.25) is 0 Å². The van der Waals surface area contributed by atoms with Gasteiger partial charge in [0.2, 0.25) is 0 Å². The van der Waals surface area contributed by atoms with Crippen LogP contribution < -0.4 is 15.8 Å². The van der Waals surface area contributed by atoms with E-state index in [1.165, 1.54) is 45.5 Å². The van der Waals surface area contributed by atoms with Gasteiger partial charge in [0.05, 0.1) is 19.3 Å². The molecule has 0 saturated carbocycles. The number of hydrogen-bond donors (Lipinski definition) is 2. The minimum absolute atomic E-state index is 0.000274. The summed E-state index contributed by atoms with van der Waals surface area (Å²) in [6, 6.07) is 4.89. The molecule has 190 valence electrons. The molecule has 3 N–H and O–H groups in total. The van der Waals surface area contributed by atoms with E-state index in [0.717, 1.165) is 13.0 Å². The molecule has 1 aliphatic heterocycles. The molecule has 0 bridgehead atoms. The minimum atomic E-state index is -4.82. The van der Waals surface area contributed by atoms with Crippen LogP contribution in [0.1, 0.15) is 41.4 Å². The summed E-state index contributed by atoms with van der Waals surface area (Å²) >= 11 is 0. The van der Waals surface area contributed by atoms with Crippen LogP contribution in [-0.2, 0) is 20.9 Å². The maximum absolute atomic E-state index is 14.5. The third kappa shape index (κ3) is 4.80. The summed E-state index contributed by atoms with van der Waals surface area (Å²) in [7, 11) is 2.58. The molecule has 1 aromatic heterocycles. The van der Waals surface area contributed by atoms with E-state index in [-0.39, 0.29) is 34.9 Å². The highest BCUT2D eigenvalue weighted by atomic mass is 19.4. The Morgan fingerprint density at radius 1 is 1.26 bits per heavy atom. The quantitative estimate of drug-likeness (QED) is 0.564. The number of carbonyl (C=O) groups is 2. The van der Waals surface area contributed by atoms with Crippen molar-refractivity contribution in [3.8, 4) is 5.75 Å². The molecule has 12 heteroatoms. The number of anilines is 1. The van der Waals surface area contributed by atoms with Gasteiger partial charge in [-0.1, -0.05) is 13.0 Å². The Hall–Kier alpha value is -3.25. The Labute approximate surface area is 198 Å². The van der Waals surface area contributed by atoms with E-state index < -0.39 is 47.3 Å². The molecule has 1 aromatic carbocycles. The van der Waals surface area contributed by atoms with Crippen molar-refractivity contribution < 1.29 is 41.4 Å². The Morgan fingerprint density at radius 3 is 2.51 bits per heavy atom. The average molecular weight is 499 g/mol. The van der Waals surface area contributed by atoms with Gasteiger partial charge in [-0.15, -0.1) is 0 Å². The third-order valence-electron chi connectivity index (χ3n) is 6.29. The van der Waals surface area contributed by atoms with Crippen molar-refractivity contribution in [1.82, 2.24) is 4.98 Å². The number of aromatic nitrogens is 1. The molecular weight excluding hydrogens is 474 g/mol. The predicted molar refractivity (Wildman–Crippen MR) is 116 cm³/mol. The maximum Gasteiger partial charge on any atom is 0.417 e. The van der Waals surface area contributed by atoms with E-state index in [9.17, 15) is 27.2 Å². The van der Waals surface area contributed by atoms with Crippen LogP contribution in [0.5, 0.6) is 5.75 Å². The number of rotatable bonds is 7. The van der Waals surface area contributed by atoms with Crippen molar-refractivity contribution in [3.05, 3.63) is 53.1 Å². The summed E-state index contributed by atoms with van der Waals surface area (Å²) < 4.78 is 72.6. The molecule has 2 heterocycles. The van der Waals surface area contributed by atoms with Crippen molar-refractivity contribution >= 4 is 17.5 Å². The first-order valence-electron chi connectivity index (χ1n) is 10.5. The van der Waals surface area contributed by atoms with Crippen LogP contribution in [0.4, 0.5) is 23.2 Å². The van der Waals surface area contributed by atoms with Gasteiger partial charge in [-0.25, -0.2) is 4.39 Å². The highest BCUT2D eigenvalue weighted by molar-refractivity contribution is 5.97. The number of nitrogens with one attached hydrogen (secondary N) is 1. The van der Waals surface area contributed by atoms with Crippen molar-refractivity contribution in [1.29, 1.82) is 0 Å². The zero-order valence-corrected chi connectivity index (χ0v) is 19.4. The van der Waals surface area contributed by atoms with E-state index in [1.807, 2.05) is 0 Å². The third-order valence-corrected chi connectivity index (χ3v) is 6.29. The van der Waals surface area contributed by atoms with E-state index >= 15 is 0 Å². The number of alkyl halides is 3. The maximum atomic E-state index is 14.5. The number of carbonyl (C=O) groups excluding carboxylic acids is 2. The van der Waals surface area contributed by atoms with Gasteiger partial charge < -0.3 is 25.3 Å². The molecule has 1 aliphatic rings.